The van der Waals surface area contributed by atoms with E-state index in [0.29, 0.717) is 46.7 Å². The number of amides is 1. The van der Waals surface area contributed by atoms with Gasteiger partial charge in [0.25, 0.3) is 11.9 Å². The van der Waals surface area contributed by atoms with Gasteiger partial charge in [-0.2, -0.15) is 4.98 Å². The Balaban J connectivity index is 1.41. The van der Waals surface area contributed by atoms with Gasteiger partial charge >= 0.3 is 0 Å². The molecule has 1 aliphatic rings. The fraction of sp³-hybridized carbons (Fsp3) is 0.440. The summed E-state index contributed by atoms with van der Waals surface area (Å²) in [5, 5.41) is 3.35. The van der Waals surface area contributed by atoms with Crippen LogP contribution in [0.2, 0.25) is 0 Å². The van der Waals surface area contributed by atoms with E-state index in [1.165, 1.54) is 0 Å². The average molecular weight is 500 g/mol. The first-order chi connectivity index (χ1) is 16.9. The van der Waals surface area contributed by atoms with Crippen LogP contribution in [0.1, 0.15) is 42.6 Å². The van der Waals surface area contributed by atoms with Crippen LogP contribution in [0.5, 0.6) is 11.5 Å². The Labute approximate surface area is 208 Å². The SMILES string of the molecule is CCOc1cc(CN2CCC(Nc3nc4c(C(N)=O)[c]ccc4o3)CC2)cc(OCC)c1[S+](C)[O-]. The zero-order valence-corrected chi connectivity index (χ0v) is 21.1. The van der Waals surface area contributed by atoms with Crippen molar-refractivity contribution in [3.63, 3.8) is 0 Å². The summed E-state index contributed by atoms with van der Waals surface area (Å²) in [5.74, 6) is 0.658. The van der Waals surface area contributed by atoms with E-state index in [1.807, 2.05) is 26.0 Å². The van der Waals surface area contributed by atoms with Gasteiger partial charge in [-0.3, -0.25) is 9.69 Å². The second-order valence-corrected chi connectivity index (χ2v) is 9.70. The van der Waals surface area contributed by atoms with Gasteiger partial charge in [0.2, 0.25) is 4.90 Å². The Bertz CT molecular complexity index is 1150. The van der Waals surface area contributed by atoms with Crippen LogP contribution >= 0.6 is 0 Å². The van der Waals surface area contributed by atoms with Crippen molar-refractivity contribution in [2.75, 3.05) is 37.9 Å². The number of piperidine rings is 1. The summed E-state index contributed by atoms with van der Waals surface area (Å²) in [5.41, 5.74) is 7.63. The number of carbonyl (C=O) groups is 1. The molecule has 0 saturated carbocycles. The van der Waals surface area contributed by atoms with Crippen LogP contribution in [0.4, 0.5) is 6.01 Å². The monoisotopic (exact) mass is 499 g/mol. The van der Waals surface area contributed by atoms with Crippen LogP contribution in [-0.2, 0) is 17.7 Å². The summed E-state index contributed by atoms with van der Waals surface area (Å²) < 4.78 is 29.7. The van der Waals surface area contributed by atoms with Crippen LogP contribution < -0.4 is 20.5 Å². The van der Waals surface area contributed by atoms with Gasteiger partial charge in [-0.15, -0.1) is 0 Å². The molecule has 1 saturated heterocycles. The van der Waals surface area contributed by atoms with Crippen molar-refractivity contribution in [1.82, 2.24) is 9.88 Å². The third kappa shape index (κ3) is 5.83. The maximum absolute atomic E-state index is 12.3. The van der Waals surface area contributed by atoms with E-state index in [1.54, 1.807) is 18.4 Å². The zero-order chi connectivity index (χ0) is 24.9. The largest absolute Gasteiger partial charge is 0.611 e. The van der Waals surface area contributed by atoms with Gasteiger partial charge in [0, 0.05) is 25.7 Å². The molecular weight excluding hydrogens is 468 g/mol. The first kappa shape index (κ1) is 25.2. The molecule has 9 nitrogen and oxygen atoms in total. The molecule has 35 heavy (non-hydrogen) atoms. The number of rotatable bonds is 10. The number of primary amides is 1. The molecule has 1 aliphatic heterocycles. The first-order valence-electron chi connectivity index (χ1n) is 11.7. The summed E-state index contributed by atoms with van der Waals surface area (Å²) in [7, 11) is 0. The van der Waals surface area contributed by atoms with Gasteiger partial charge in [-0.1, -0.05) is 0 Å². The number of nitrogens with zero attached hydrogens (tertiary/aromatic N) is 2. The molecule has 0 bridgehead atoms. The first-order valence-corrected chi connectivity index (χ1v) is 13.3. The standard InChI is InChI=1S/C25H31N4O5S/c1-4-32-20-13-16(14-21(33-5-2)23(20)35(3)31)15-29-11-9-17(10-12-29)27-25-28-22-18(24(26)30)7-6-8-19(22)34-25/h6,8,13-14,17H,4-5,9-12,15H2,1-3H3,(H2,26,30)(H,27,28). The molecule has 2 aromatic carbocycles. The normalized spacial score (nSPS) is 15.8. The lowest BCUT2D eigenvalue weighted by Crippen LogP contribution is -2.38. The Morgan fingerprint density at radius 3 is 2.51 bits per heavy atom. The molecule has 1 amide bonds. The maximum Gasteiger partial charge on any atom is 0.295 e. The van der Waals surface area contributed by atoms with E-state index in [2.05, 4.69) is 21.3 Å². The van der Waals surface area contributed by atoms with Crippen molar-refractivity contribution in [3.05, 3.63) is 41.5 Å². The minimum Gasteiger partial charge on any atom is -0.611 e. The Hall–Kier alpha value is -2.95. The molecule has 0 spiro atoms. The Kier molecular flexibility index (Phi) is 8.04. The summed E-state index contributed by atoms with van der Waals surface area (Å²) in [6.07, 6.45) is 3.45. The fourth-order valence-corrected chi connectivity index (χ4v) is 5.14. The molecular formula is C25H31N4O5S. The molecule has 3 aromatic rings. The third-order valence-electron chi connectivity index (χ3n) is 5.89. The molecule has 2 heterocycles. The lowest BCUT2D eigenvalue weighted by molar-refractivity contribution is 0.100. The third-order valence-corrected chi connectivity index (χ3v) is 6.87. The summed E-state index contributed by atoms with van der Waals surface area (Å²) in [4.78, 5) is 19.0. The van der Waals surface area contributed by atoms with Gasteiger partial charge in [0.15, 0.2) is 17.1 Å². The van der Waals surface area contributed by atoms with Crippen LogP contribution in [0, 0.1) is 6.07 Å². The highest BCUT2D eigenvalue weighted by Gasteiger charge is 2.25. The topological polar surface area (TPSA) is 126 Å². The number of likely N-dealkylation sites (tertiary alicyclic amines) is 1. The molecule has 1 unspecified atom stereocenters. The lowest BCUT2D eigenvalue weighted by Gasteiger charge is -2.32. The number of ether oxygens (including phenoxy) is 2. The molecule has 1 fully saturated rings. The minimum atomic E-state index is -1.22. The van der Waals surface area contributed by atoms with Crippen molar-refractivity contribution in [2.24, 2.45) is 5.73 Å². The smallest absolute Gasteiger partial charge is 0.295 e. The fourth-order valence-electron chi connectivity index (χ4n) is 4.34. The quantitative estimate of drug-likeness (QED) is 0.407. The number of nitrogens with two attached hydrogens (primary N) is 1. The number of aromatic nitrogens is 1. The molecule has 0 aliphatic carbocycles. The Morgan fingerprint density at radius 1 is 1.29 bits per heavy atom. The predicted octanol–water partition coefficient (Wildman–Crippen LogP) is 3.34. The molecule has 187 valence electrons. The molecule has 1 atom stereocenters. The van der Waals surface area contributed by atoms with Gasteiger partial charge in [-0.05, 0) is 73.8 Å². The van der Waals surface area contributed by atoms with Gasteiger partial charge in [0.05, 0.1) is 18.8 Å². The van der Waals surface area contributed by atoms with Crippen molar-refractivity contribution in [3.8, 4) is 11.5 Å². The molecule has 3 N–H and O–H groups in total. The number of anilines is 1. The van der Waals surface area contributed by atoms with Crippen LogP contribution in [0.25, 0.3) is 11.1 Å². The second-order valence-electron chi connectivity index (χ2n) is 8.38. The van der Waals surface area contributed by atoms with E-state index in [-0.39, 0.29) is 11.6 Å². The average Bonchev–Trinajstić information content (AvgIpc) is 3.23. The van der Waals surface area contributed by atoms with E-state index in [9.17, 15) is 9.35 Å². The highest BCUT2D eigenvalue weighted by atomic mass is 32.2. The minimum absolute atomic E-state index is 0.197. The number of hydrogen-bond donors (Lipinski definition) is 2. The summed E-state index contributed by atoms with van der Waals surface area (Å²) in [6.45, 7) is 7.31. The number of fused-ring (bicyclic) bond motifs is 1. The van der Waals surface area contributed by atoms with Crippen molar-refractivity contribution < 1.29 is 23.2 Å². The van der Waals surface area contributed by atoms with E-state index in [4.69, 9.17) is 19.6 Å². The Morgan fingerprint density at radius 2 is 1.94 bits per heavy atom. The van der Waals surface area contributed by atoms with Gasteiger partial charge in [0.1, 0.15) is 11.8 Å². The maximum atomic E-state index is 12.3. The van der Waals surface area contributed by atoms with Crippen molar-refractivity contribution in [1.29, 1.82) is 0 Å². The van der Waals surface area contributed by atoms with E-state index < -0.39 is 17.1 Å². The van der Waals surface area contributed by atoms with E-state index in [0.717, 1.165) is 38.0 Å². The zero-order valence-electron chi connectivity index (χ0n) is 20.3. The molecule has 1 radical (unpaired) electrons. The number of oxazole rings is 1. The summed E-state index contributed by atoms with van der Waals surface area (Å²) in [6, 6.07) is 10.7. The molecule has 4 rings (SSSR count). The second kappa shape index (κ2) is 11.2. The summed E-state index contributed by atoms with van der Waals surface area (Å²) >= 11 is -1.22. The van der Waals surface area contributed by atoms with Crippen molar-refractivity contribution >= 4 is 34.2 Å². The van der Waals surface area contributed by atoms with Crippen LogP contribution in [-0.4, -0.2) is 58.9 Å². The highest BCUT2D eigenvalue weighted by molar-refractivity contribution is 7.91. The molecule has 1 aromatic heterocycles. The highest BCUT2D eigenvalue weighted by Crippen LogP contribution is 2.36. The van der Waals surface area contributed by atoms with Crippen LogP contribution in [0.15, 0.2) is 33.6 Å². The number of nitrogens with one attached hydrogen (secondary N) is 1. The molecule has 10 heteroatoms. The van der Waals surface area contributed by atoms with Crippen molar-refractivity contribution in [2.45, 2.75) is 44.2 Å². The lowest BCUT2D eigenvalue weighted by atomic mass is 10.0. The van der Waals surface area contributed by atoms with Crippen LogP contribution in [0.3, 0.4) is 0 Å². The number of benzene rings is 2. The van der Waals surface area contributed by atoms with Gasteiger partial charge < -0.3 is 29.5 Å². The van der Waals surface area contributed by atoms with Gasteiger partial charge in [-0.25, -0.2) is 0 Å². The van der Waals surface area contributed by atoms with E-state index >= 15 is 0 Å². The predicted molar refractivity (Wildman–Crippen MR) is 134 cm³/mol. The number of carbonyl (C=O) groups excluding carboxylic acids is 1. The number of hydrogen-bond acceptors (Lipinski definition) is 8.